The van der Waals surface area contributed by atoms with Crippen LogP contribution < -0.4 is 10.1 Å². The molecule has 0 bridgehead atoms. The third-order valence-electron chi connectivity index (χ3n) is 4.79. The van der Waals surface area contributed by atoms with Gasteiger partial charge in [-0.3, -0.25) is 4.79 Å². The van der Waals surface area contributed by atoms with E-state index in [0.29, 0.717) is 23.6 Å². The molecule has 4 nitrogen and oxygen atoms in total. The average Bonchev–Trinajstić information content (AvgIpc) is 2.75. The minimum atomic E-state index is -0.456. The Labute approximate surface area is 194 Å². The Morgan fingerprint density at radius 1 is 1.16 bits per heavy atom. The predicted molar refractivity (Wildman–Crippen MR) is 128 cm³/mol. The van der Waals surface area contributed by atoms with E-state index in [2.05, 4.69) is 27.9 Å². The van der Waals surface area contributed by atoms with Gasteiger partial charge in [0, 0.05) is 5.69 Å². The number of rotatable bonds is 6. The number of amides is 1. The lowest BCUT2D eigenvalue weighted by Crippen LogP contribution is -2.14. The summed E-state index contributed by atoms with van der Waals surface area (Å²) < 4.78 is 19.6. The molecule has 0 spiro atoms. The summed E-state index contributed by atoms with van der Waals surface area (Å²) in [5.74, 6) is -0.0763. The van der Waals surface area contributed by atoms with E-state index in [1.54, 1.807) is 30.3 Å². The van der Waals surface area contributed by atoms with Crippen LogP contribution >= 0.6 is 22.6 Å². The van der Waals surface area contributed by atoms with Gasteiger partial charge in [0.2, 0.25) is 0 Å². The lowest BCUT2D eigenvalue weighted by atomic mass is 10.1. The van der Waals surface area contributed by atoms with Crippen molar-refractivity contribution in [3.8, 4) is 11.8 Å². The maximum Gasteiger partial charge on any atom is 0.266 e. The second-order valence-corrected chi connectivity index (χ2v) is 8.14. The van der Waals surface area contributed by atoms with Gasteiger partial charge in [0.05, 0.1) is 3.57 Å². The molecule has 156 valence electrons. The summed E-state index contributed by atoms with van der Waals surface area (Å²) in [7, 11) is 0. The minimum Gasteiger partial charge on any atom is -0.488 e. The van der Waals surface area contributed by atoms with Crippen LogP contribution in [0.25, 0.3) is 6.08 Å². The molecule has 0 aromatic heterocycles. The highest BCUT2D eigenvalue weighted by atomic mass is 127. The lowest BCUT2D eigenvalue weighted by molar-refractivity contribution is -0.112. The number of carbonyl (C=O) groups is 1. The Hall–Kier alpha value is -3.18. The van der Waals surface area contributed by atoms with Gasteiger partial charge in [-0.2, -0.15) is 5.26 Å². The van der Waals surface area contributed by atoms with Crippen LogP contribution in [0.15, 0.2) is 66.2 Å². The van der Waals surface area contributed by atoms with E-state index in [1.807, 2.05) is 44.2 Å². The molecule has 31 heavy (non-hydrogen) atoms. The molecule has 0 radical (unpaired) electrons. The largest absolute Gasteiger partial charge is 0.488 e. The van der Waals surface area contributed by atoms with Crippen LogP contribution in [-0.2, 0) is 11.4 Å². The zero-order valence-electron chi connectivity index (χ0n) is 17.1. The molecule has 0 aliphatic rings. The van der Waals surface area contributed by atoms with Crippen molar-refractivity contribution in [1.29, 1.82) is 5.26 Å². The van der Waals surface area contributed by atoms with Crippen molar-refractivity contribution < 1.29 is 13.9 Å². The number of anilines is 1. The topological polar surface area (TPSA) is 62.1 Å². The Bertz CT molecular complexity index is 1180. The smallest absolute Gasteiger partial charge is 0.266 e. The van der Waals surface area contributed by atoms with E-state index in [9.17, 15) is 14.4 Å². The van der Waals surface area contributed by atoms with Crippen molar-refractivity contribution in [3.05, 3.63) is 97.9 Å². The molecule has 6 heteroatoms. The van der Waals surface area contributed by atoms with Crippen molar-refractivity contribution >= 4 is 40.3 Å². The van der Waals surface area contributed by atoms with Crippen LogP contribution in [-0.4, -0.2) is 5.91 Å². The first-order chi connectivity index (χ1) is 14.9. The highest BCUT2D eigenvalue weighted by Crippen LogP contribution is 2.25. The molecule has 3 aromatic rings. The first kappa shape index (κ1) is 22.5. The van der Waals surface area contributed by atoms with Crippen LogP contribution in [0.4, 0.5) is 10.1 Å². The summed E-state index contributed by atoms with van der Waals surface area (Å²) in [5.41, 5.74) is 4.29. The predicted octanol–water partition coefficient (Wildman–Crippen LogP) is 6.17. The SMILES string of the molecule is Cc1cccc(NC(=O)/C(C#N)=C/c2ccc(OCc3ccc(F)cc3)c(I)c2)c1C. The van der Waals surface area contributed by atoms with Gasteiger partial charge in [0.25, 0.3) is 5.91 Å². The van der Waals surface area contributed by atoms with Gasteiger partial charge in [0.1, 0.15) is 29.8 Å². The molecule has 1 amide bonds. The normalized spacial score (nSPS) is 11.0. The fourth-order valence-electron chi connectivity index (χ4n) is 2.86. The number of benzene rings is 3. The van der Waals surface area contributed by atoms with E-state index in [4.69, 9.17) is 4.74 Å². The molecule has 0 heterocycles. The highest BCUT2D eigenvalue weighted by Gasteiger charge is 2.12. The number of hydrogen-bond acceptors (Lipinski definition) is 3. The molecule has 1 N–H and O–H groups in total. The Kier molecular flexibility index (Phi) is 7.42. The van der Waals surface area contributed by atoms with Crippen molar-refractivity contribution in [2.24, 2.45) is 0 Å². The summed E-state index contributed by atoms with van der Waals surface area (Å²) in [6.45, 7) is 4.20. The van der Waals surface area contributed by atoms with Gasteiger partial charge in [-0.25, -0.2) is 4.39 Å². The Morgan fingerprint density at radius 2 is 1.90 bits per heavy atom. The average molecular weight is 526 g/mol. The molecule has 3 rings (SSSR count). The van der Waals surface area contributed by atoms with E-state index in [1.165, 1.54) is 12.1 Å². The Balaban J connectivity index is 1.72. The molecular formula is C25H20FIN2O2. The molecule has 0 fully saturated rings. The molecule has 0 atom stereocenters. The van der Waals surface area contributed by atoms with Crippen molar-refractivity contribution in [2.45, 2.75) is 20.5 Å². The molecule has 0 saturated heterocycles. The molecular weight excluding hydrogens is 506 g/mol. The molecule has 0 unspecified atom stereocenters. The number of aryl methyl sites for hydroxylation is 1. The zero-order chi connectivity index (χ0) is 22.4. The maximum atomic E-state index is 13.0. The van der Waals surface area contributed by atoms with Crippen LogP contribution in [0.3, 0.4) is 0 Å². The zero-order valence-corrected chi connectivity index (χ0v) is 19.2. The number of nitrogens with one attached hydrogen (secondary N) is 1. The number of halogens is 2. The first-order valence-corrected chi connectivity index (χ1v) is 10.6. The molecule has 0 aliphatic carbocycles. The lowest BCUT2D eigenvalue weighted by Gasteiger charge is -2.10. The Morgan fingerprint density at radius 3 is 2.58 bits per heavy atom. The van der Waals surface area contributed by atoms with E-state index >= 15 is 0 Å². The van der Waals surface area contributed by atoms with Gasteiger partial charge in [-0.1, -0.05) is 30.3 Å². The summed E-state index contributed by atoms with van der Waals surface area (Å²) in [6, 6.07) is 19.2. The maximum absolute atomic E-state index is 13.0. The van der Waals surface area contributed by atoms with Gasteiger partial charge in [0.15, 0.2) is 0 Å². The summed E-state index contributed by atoms with van der Waals surface area (Å²) in [4.78, 5) is 12.6. The van der Waals surface area contributed by atoms with Crippen molar-refractivity contribution in [2.75, 3.05) is 5.32 Å². The number of nitrogens with zero attached hydrogens (tertiary/aromatic N) is 1. The van der Waals surface area contributed by atoms with Gasteiger partial charge in [-0.05, 0) is 95.1 Å². The van der Waals surface area contributed by atoms with Crippen LogP contribution in [0.5, 0.6) is 5.75 Å². The van der Waals surface area contributed by atoms with E-state index in [0.717, 1.165) is 20.3 Å². The van der Waals surface area contributed by atoms with Gasteiger partial charge >= 0.3 is 0 Å². The third-order valence-corrected chi connectivity index (χ3v) is 5.64. The van der Waals surface area contributed by atoms with Crippen LogP contribution in [0.2, 0.25) is 0 Å². The second kappa shape index (κ2) is 10.2. The molecule has 0 aliphatic heterocycles. The minimum absolute atomic E-state index is 0.0108. The van der Waals surface area contributed by atoms with Gasteiger partial charge in [-0.15, -0.1) is 0 Å². The standard InChI is InChI=1S/C25H20FIN2O2/c1-16-4-3-5-23(17(16)2)29-25(30)20(14-28)12-19-8-11-24(22(27)13-19)31-15-18-6-9-21(26)10-7-18/h3-13H,15H2,1-2H3,(H,29,30)/b20-12+. The summed E-state index contributed by atoms with van der Waals surface area (Å²) in [6.07, 6.45) is 1.55. The number of ether oxygens (including phenoxy) is 1. The highest BCUT2D eigenvalue weighted by molar-refractivity contribution is 14.1. The number of hydrogen-bond donors (Lipinski definition) is 1. The van der Waals surface area contributed by atoms with E-state index < -0.39 is 5.91 Å². The monoisotopic (exact) mass is 526 g/mol. The summed E-state index contributed by atoms with van der Waals surface area (Å²) >= 11 is 2.14. The molecule has 0 saturated carbocycles. The third kappa shape index (κ3) is 5.92. The molecule has 3 aromatic carbocycles. The quantitative estimate of drug-likeness (QED) is 0.237. The fourth-order valence-corrected chi connectivity index (χ4v) is 3.55. The number of nitriles is 1. The second-order valence-electron chi connectivity index (χ2n) is 6.98. The first-order valence-electron chi connectivity index (χ1n) is 9.53. The van der Waals surface area contributed by atoms with Gasteiger partial charge < -0.3 is 10.1 Å². The number of carbonyl (C=O) groups excluding carboxylic acids is 1. The van der Waals surface area contributed by atoms with Crippen LogP contribution in [0, 0.1) is 34.6 Å². The van der Waals surface area contributed by atoms with Crippen LogP contribution in [0.1, 0.15) is 22.3 Å². The van der Waals surface area contributed by atoms with Crippen molar-refractivity contribution in [1.82, 2.24) is 0 Å². The summed E-state index contributed by atoms with van der Waals surface area (Å²) in [5, 5.41) is 12.3. The fraction of sp³-hybridized carbons (Fsp3) is 0.120. The van der Waals surface area contributed by atoms with Crippen molar-refractivity contribution in [3.63, 3.8) is 0 Å². The van der Waals surface area contributed by atoms with E-state index in [-0.39, 0.29) is 11.4 Å².